The van der Waals surface area contributed by atoms with Crippen molar-refractivity contribution in [2.75, 3.05) is 0 Å². The first-order valence-electron chi connectivity index (χ1n) is 8.02. The fourth-order valence-electron chi connectivity index (χ4n) is 2.94. The Morgan fingerprint density at radius 2 is 1.42 bits per heavy atom. The number of hydrogen-bond acceptors (Lipinski definition) is 2. The molecule has 0 aliphatic heterocycles. The Balaban J connectivity index is 2.07. The van der Waals surface area contributed by atoms with Crippen LogP contribution >= 0.6 is 0 Å². The lowest BCUT2D eigenvalue weighted by Gasteiger charge is -2.13. The van der Waals surface area contributed by atoms with Crippen molar-refractivity contribution in [2.24, 2.45) is 11.5 Å². The molecule has 130 valence electrons. The number of amides is 2. The van der Waals surface area contributed by atoms with E-state index < -0.39 is 17.6 Å². The molecule has 5 heteroatoms. The molecule has 0 unspecified atom stereocenters. The van der Waals surface area contributed by atoms with Gasteiger partial charge in [0.15, 0.2) is 0 Å². The predicted molar refractivity (Wildman–Crippen MR) is 98.1 cm³/mol. The highest BCUT2D eigenvalue weighted by molar-refractivity contribution is 6.08. The van der Waals surface area contributed by atoms with Gasteiger partial charge in [-0.1, -0.05) is 48.5 Å². The summed E-state index contributed by atoms with van der Waals surface area (Å²) in [5.74, 6) is -1.85. The van der Waals surface area contributed by atoms with Gasteiger partial charge in [0.25, 0.3) is 0 Å². The van der Waals surface area contributed by atoms with Crippen LogP contribution < -0.4 is 11.5 Å². The van der Waals surface area contributed by atoms with Gasteiger partial charge in [-0.05, 0) is 34.9 Å². The van der Waals surface area contributed by atoms with E-state index >= 15 is 0 Å². The number of hydrogen-bond donors (Lipinski definition) is 2. The quantitative estimate of drug-likeness (QED) is 0.741. The average Bonchev–Trinajstić information content (AvgIpc) is 2.63. The fraction of sp³-hybridized carbons (Fsp3) is 0.0476. The molecule has 0 aliphatic rings. The van der Waals surface area contributed by atoms with Crippen molar-refractivity contribution >= 4 is 11.8 Å². The number of halogens is 1. The second-order valence-corrected chi connectivity index (χ2v) is 5.93. The minimum atomic E-state index is -0.711. The Labute approximate surface area is 150 Å². The van der Waals surface area contributed by atoms with Crippen LogP contribution in [0.5, 0.6) is 0 Å². The van der Waals surface area contributed by atoms with Crippen molar-refractivity contribution in [3.8, 4) is 11.1 Å². The zero-order valence-electron chi connectivity index (χ0n) is 13.9. The maximum Gasteiger partial charge on any atom is 0.249 e. The number of carbonyl (C=O) groups excluding carboxylic acids is 2. The maximum absolute atomic E-state index is 14.7. The van der Waals surface area contributed by atoms with Crippen LogP contribution in [0.4, 0.5) is 4.39 Å². The first-order chi connectivity index (χ1) is 12.5. The summed E-state index contributed by atoms with van der Waals surface area (Å²) in [7, 11) is 0. The minimum absolute atomic E-state index is 0.122. The zero-order chi connectivity index (χ0) is 18.7. The van der Waals surface area contributed by atoms with Gasteiger partial charge in [0.1, 0.15) is 5.82 Å². The maximum atomic E-state index is 14.7. The molecule has 0 aromatic heterocycles. The van der Waals surface area contributed by atoms with Gasteiger partial charge in [0.05, 0.1) is 0 Å². The molecule has 0 heterocycles. The average molecular weight is 348 g/mol. The summed E-state index contributed by atoms with van der Waals surface area (Å²) < 4.78 is 14.7. The molecule has 4 N–H and O–H groups in total. The number of benzene rings is 3. The molecule has 0 bridgehead atoms. The van der Waals surface area contributed by atoms with Gasteiger partial charge in [-0.15, -0.1) is 0 Å². The molecule has 3 aromatic carbocycles. The minimum Gasteiger partial charge on any atom is -0.366 e. The van der Waals surface area contributed by atoms with E-state index in [1.165, 1.54) is 24.3 Å². The van der Waals surface area contributed by atoms with Crippen LogP contribution in [0.2, 0.25) is 0 Å². The van der Waals surface area contributed by atoms with E-state index in [0.717, 1.165) is 5.56 Å². The van der Waals surface area contributed by atoms with Crippen LogP contribution in [-0.4, -0.2) is 11.8 Å². The topological polar surface area (TPSA) is 86.2 Å². The number of carbonyl (C=O) groups is 2. The highest BCUT2D eigenvalue weighted by Crippen LogP contribution is 2.29. The second kappa shape index (κ2) is 7.19. The molecule has 4 nitrogen and oxygen atoms in total. The van der Waals surface area contributed by atoms with E-state index in [1.807, 2.05) is 30.3 Å². The van der Waals surface area contributed by atoms with E-state index in [4.69, 9.17) is 11.5 Å². The van der Waals surface area contributed by atoms with E-state index in [0.29, 0.717) is 17.5 Å². The summed E-state index contributed by atoms with van der Waals surface area (Å²) >= 11 is 0. The molecule has 0 aliphatic carbocycles. The molecule has 3 aromatic rings. The van der Waals surface area contributed by atoms with Crippen molar-refractivity contribution in [1.29, 1.82) is 0 Å². The summed E-state index contributed by atoms with van der Waals surface area (Å²) in [4.78, 5) is 23.5. The van der Waals surface area contributed by atoms with Gasteiger partial charge in [-0.2, -0.15) is 0 Å². The molecule has 0 fully saturated rings. The van der Waals surface area contributed by atoms with Crippen LogP contribution in [0.15, 0.2) is 66.7 Å². The normalized spacial score (nSPS) is 10.5. The van der Waals surface area contributed by atoms with Gasteiger partial charge in [-0.25, -0.2) is 4.39 Å². The predicted octanol–water partition coefficient (Wildman–Crippen LogP) is 3.28. The number of rotatable bonds is 5. The first-order valence-corrected chi connectivity index (χ1v) is 8.02. The first kappa shape index (κ1) is 17.4. The number of primary amides is 2. The van der Waals surface area contributed by atoms with Gasteiger partial charge in [0.2, 0.25) is 11.8 Å². The summed E-state index contributed by atoms with van der Waals surface area (Å²) in [6.07, 6.45) is 0.438. The molecular weight excluding hydrogens is 331 g/mol. The molecule has 2 amide bonds. The summed E-state index contributed by atoms with van der Waals surface area (Å²) in [5, 5.41) is 0. The van der Waals surface area contributed by atoms with Gasteiger partial charge in [-0.3, -0.25) is 9.59 Å². The molecule has 26 heavy (non-hydrogen) atoms. The lowest BCUT2D eigenvalue weighted by atomic mass is 9.92. The van der Waals surface area contributed by atoms with Crippen LogP contribution in [-0.2, 0) is 6.42 Å². The summed E-state index contributed by atoms with van der Waals surface area (Å²) in [6.45, 7) is 0. The molecule has 0 saturated heterocycles. The molecule has 0 atom stereocenters. The monoisotopic (exact) mass is 348 g/mol. The Bertz CT molecular complexity index is 952. The molecule has 0 radical (unpaired) electrons. The third-order valence-electron chi connectivity index (χ3n) is 4.17. The Morgan fingerprint density at radius 1 is 0.808 bits per heavy atom. The van der Waals surface area contributed by atoms with Crippen molar-refractivity contribution in [1.82, 2.24) is 0 Å². The van der Waals surface area contributed by atoms with E-state index in [9.17, 15) is 14.0 Å². The SMILES string of the molecule is NC(=O)c1cccc(C(N)=O)c1-c1ccc(Cc2ccccc2)c(F)c1. The largest absolute Gasteiger partial charge is 0.366 e. The molecule has 0 spiro atoms. The van der Waals surface area contributed by atoms with Crippen LogP contribution in [0, 0.1) is 5.82 Å². The van der Waals surface area contributed by atoms with Crippen LogP contribution in [0.3, 0.4) is 0 Å². The lowest BCUT2D eigenvalue weighted by molar-refractivity contribution is 0.0999. The van der Waals surface area contributed by atoms with E-state index in [-0.39, 0.29) is 16.7 Å². The van der Waals surface area contributed by atoms with Crippen molar-refractivity contribution < 1.29 is 14.0 Å². The second-order valence-electron chi connectivity index (χ2n) is 5.93. The fourth-order valence-corrected chi connectivity index (χ4v) is 2.94. The van der Waals surface area contributed by atoms with Crippen molar-refractivity contribution in [3.05, 3.63) is 94.8 Å². The smallest absolute Gasteiger partial charge is 0.249 e. The number of nitrogens with two attached hydrogens (primary N) is 2. The molecular formula is C21H17FN2O2. The third kappa shape index (κ3) is 3.47. The Kier molecular flexibility index (Phi) is 4.80. The highest BCUT2D eigenvalue weighted by Gasteiger charge is 2.18. The van der Waals surface area contributed by atoms with Gasteiger partial charge < -0.3 is 11.5 Å². The van der Waals surface area contributed by atoms with Crippen molar-refractivity contribution in [3.63, 3.8) is 0 Å². The molecule has 0 saturated carbocycles. The Hall–Kier alpha value is -3.47. The summed E-state index contributed by atoms with van der Waals surface area (Å²) in [6, 6.07) is 18.6. The van der Waals surface area contributed by atoms with Crippen LogP contribution in [0.1, 0.15) is 31.8 Å². The van der Waals surface area contributed by atoms with Crippen molar-refractivity contribution in [2.45, 2.75) is 6.42 Å². The highest BCUT2D eigenvalue weighted by atomic mass is 19.1. The standard InChI is InChI=1S/C21H17FN2O2/c22-18-12-15(10-9-14(18)11-13-5-2-1-3-6-13)19-16(20(23)25)7-4-8-17(19)21(24)26/h1-10,12H,11H2,(H2,23,25)(H2,24,26). The summed E-state index contributed by atoms with van der Waals surface area (Å²) in [5.41, 5.74) is 13.2. The van der Waals surface area contributed by atoms with E-state index in [2.05, 4.69) is 0 Å². The van der Waals surface area contributed by atoms with E-state index in [1.54, 1.807) is 12.1 Å². The lowest BCUT2D eigenvalue weighted by Crippen LogP contribution is -2.18. The van der Waals surface area contributed by atoms with Crippen LogP contribution in [0.25, 0.3) is 11.1 Å². The Morgan fingerprint density at radius 3 is 1.96 bits per heavy atom. The van der Waals surface area contributed by atoms with Gasteiger partial charge in [0, 0.05) is 23.1 Å². The molecule has 3 rings (SSSR count). The third-order valence-corrected chi connectivity index (χ3v) is 4.17. The zero-order valence-corrected chi connectivity index (χ0v) is 13.9. The van der Waals surface area contributed by atoms with Gasteiger partial charge >= 0.3 is 0 Å².